The molecule has 0 spiro atoms. The second kappa shape index (κ2) is 6.44. The molecule has 2 aliphatic rings. The van der Waals surface area contributed by atoms with Crippen molar-refractivity contribution in [2.45, 2.75) is 63.2 Å². The summed E-state index contributed by atoms with van der Waals surface area (Å²) in [5, 5.41) is 0.772. The van der Waals surface area contributed by atoms with Gasteiger partial charge in [-0.05, 0) is 32.6 Å². The summed E-state index contributed by atoms with van der Waals surface area (Å²) in [5.41, 5.74) is 0.816. The number of fused-ring (bicyclic) bond motifs is 1. The third-order valence-electron chi connectivity index (χ3n) is 4.64. The van der Waals surface area contributed by atoms with Crippen molar-refractivity contribution < 1.29 is 4.79 Å². The Kier molecular flexibility index (Phi) is 4.57. The lowest BCUT2D eigenvalue weighted by Crippen LogP contribution is -2.43. The summed E-state index contributed by atoms with van der Waals surface area (Å²) in [4.78, 5) is 31.4. The first kappa shape index (κ1) is 15.6. The number of hydrogen-bond donors (Lipinski definition) is 0. The van der Waals surface area contributed by atoms with Crippen molar-refractivity contribution >= 4 is 17.7 Å². The number of thioether (sulfide) groups is 1. The quantitative estimate of drug-likeness (QED) is 0.801. The minimum absolute atomic E-state index is 0.0173. The number of hydrogen-bond acceptors (Lipinski definition) is 4. The molecule has 1 aromatic rings. The first-order valence-electron chi connectivity index (χ1n) is 8.15. The van der Waals surface area contributed by atoms with Crippen molar-refractivity contribution in [2.75, 3.05) is 12.3 Å². The lowest BCUT2D eigenvalue weighted by molar-refractivity contribution is -0.135. The smallest absolute Gasteiger partial charge is 0.254 e. The molecule has 3 rings (SSSR count). The number of carbonyl (C=O) groups is 1. The fourth-order valence-corrected chi connectivity index (χ4v) is 4.49. The molecule has 5 nitrogen and oxygen atoms in total. The van der Waals surface area contributed by atoms with E-state index in [9.17, 15) is 9.59 Å². The van der Waals surface area contributed by atoms with Gasteiger partial charge in [-0.3, -0.25) is 14.2 Å². The zero-order valence-corrected chi connectivity index (χ0v) is 14.1. The first-order valence-corrected chi connectivity index (χ1v) is 9.13. The van der Waals surface area contributed by atoms with Gasteiger partial charge >= 0.3 is 0 Å². The van der Waals surface area contributed by atoms with E-state index >= 15 is 0 Å². The molecule has 22 heavy (non-hydrogen) atoms. The van der Waals surface area contributed by atoms with Crippen molar-refractivity contribution in [3.63, 3.8) is 0 Å². The molecule has 0 aromatic carbocycles. The van der Waals surface area contributed by atoms with Crippen LogP contribution in [0.4, 0.5) is 0 Å². The molecular weight excluding hydrogens is 298 g/mol. The van der Waals surface area contributed by atoms with Crippen molar-refractivity contribution in [2.24, 2.45) is 0 Å². The van der Waals surface area contributed by atoms with Gasteiger partial charge < -0.3 is 4.90 Å². The molecule has 2 atom stereocenters. The Bertz CT molecular complexity index is 628. The standard InChI is InChI=1S/C16H23N3O2S/c1-3-12-8-15(21)19-13(10-22-16(19)17-12)9-14(20)18-7-5-4-6-11(18)2/h8,11,13H,3-7,9-10H2,1-2H3. The second-order valence-electron chi connectivity index (χ2n) is 6.19. The Hall–Kier alpha value is -1.30. The number of likely N-dealkylation sites (tertiary alicyclic amines) is 1. The number of nitrogens with zero attached hydrogens (tertiary/aromatic N) is 3. The highest BCUT2D eigenvalue weighted by atomic mass is 32.2. The molecule has 2 unspecified atom stereocenters. The van der Waals surface area contributed by atoms with E-state index in [0.29, 0.717) is 12.5 Å². The number of aryl methyl sites for hydroxylation is 1. The average Bonchev–Trinajstić information content (AvgIpc) is 2.91. The van der Waals surface area contributed by atoms with Crippen LogP contribution in [0.2, 0.25) is 0 Å². The van der Waals surface area contributed by atoms with Crippen LogP contribution in [0.1, 0.15) is 51.3 Å². The molecule has 2 aliphatic heterocycles. The Morgan fingerprint density at radius 1 is 1.45 bits per heavy atom. The Morgan fingerprint density at radius 2 is 2.27 bits per heavy atom. The summed E-state index contributed by atoms with van der Waals surface area (Å²) >= 11 is 1.59. The first-order chi connectivity index (χ1) is 10.6. The maximum absolute atomic E-state index is 12.6. The van der Waals surface area contributed by atoms with E-state index < -0.39 is 0 Å². The van der Waals surface area contributed by atoms with Crippen LogP contribution >= 0.6 is 11.8 Å². The lowest BCUT2D eigenvalue weighted by atomic mass is 10.0. The van der Waals surface area contributed by atoms with Crippen molar-refractivity contribution in [3.05, 3.63) is 22.1 Å². The molecular formula is C16H23N3O2S. The van der Waals surface area contributed by atoms with Crippen LogP contribution in [0.25, 0.3) is 0 Å². The predicted octanol–water partition coefficient (Wildman–Crippen LogP) is 2.24. The fraction of sp³-hybridized carbons (Fsp3) is 0.688. The van der Waals surface area contributed by atoms with Gasteiger partial charge in [0.25, 0.3) is 5.56 Å². The van der Waals surface area contributed by atoms with Gasteiger partial charge in [-0.1, -0.05) is 18.7 Å². The number of aromatic nitrogens is 2. The highest BCUT2D eigenvalue weighted by Gasteiger charge is 2.31. The van der Waals surface area contributed by atoms with Gasteiger partial charge in [-0.2, -0.15) is 0 Å². The third-order valence-corrected chi connectivity index (χ3v) is 5.74. The topological polar surface area (TPSA) is 55.2 Å². The zero-order valence-electron chi connectivity index (χ0n) is 13.2. The van der Waals surface area contributed by atoms with Crippen LogP contribution in [0.15, 0.2) is 16.0 Å². The van der Waals surface area contributed by atoms with E-state index in [-0.39, 0.29) is 17.5 Å². The van der Waals surface area contributed by atoms with Gasteiger partial charge in [0.15, 0.2) is 5.16 Å². The SMILES string of the molecule is CCc1cc(=O)n2c(n1)SCC2CC(=O)N1CCCCC1C. The average molecular weight is 321 g/mol. The summed E-state index contributed by atoms with van der Waals surface area (Å²) in [6, 6.07) is 1.88. The van der Waals surface area contributed by atoms with E-state index in [0.717, 1.165) is 42.4 Å². The van der Waals surface area contributed by atoms with Crippen LogP contribution in [0.5, 0.6) is 0 Å². The van der Waals surface area contributed by atoms with E-state index in [2.05, 4.69) is 11.9 Å². The largest absolute Gasteiger partial charge is 0.340 e. The molecule has 0 saturated carbocycles. The molecule has 0 bridgehead atoms. The number of carbonyl (C=O) groups excluding carboxylic acids is 1. The Balaban J connectivity index is 1.76. The summed E-state index contributed by atoms with van der Waals surface area (Å²) in [6.07, 6.45) is 4.56. The van der Waals surface area contributed by atoms with Crippen molar-refractivity contribution in [1.82, 2.24) is 14.5 Å². The van der Waals surface area contributed by atoms with Crippen LogP contribution < -0.4 is 5.56 Å². The highest BCUT2D eigenvalue weighted by molar-refractivity contribution is 7.99. The Labute approximate surface area is 135 Å². The molecule has 0 N–H and O–H groups in total. The monoisotopic (exact) mass is 321 g/mol. The molecule has 3 heterocycles. The van der Waals surface area contributed by atoms with Gasteiger partial charge in [0.1, 0.15) is 0 Å². The predicted molar refractivity (Wildman–Crippen MR) is 87.3 cm³/mol. The summed E-state index contributed by atoms with van der Waals surface area (Å²) in [7, 11) is 0. The fourth-order valence-electron chi connectivity index (χ4n) is 3.32. The summed E-state index contributed by atoms with van der Waals surface area (Å²) in [5.74, 6) is 0.945. The van der Waals surface area contributed by atoms with Crippen LogP contribution in [0.3, 0.4) is 0 Å². The maximum Gasteiger partial charge on any atom is 0.254 e. The van der Waals surface area contributed by atoms with Gasteiger partial charge in [-0.15, -0.1) is 0 Å². The molecule has 1 fully saturated rings. The molecule has 6 heteroatoms. The molecule has 120 valence electrons. The molecule has 1 amide bonds. The van der Waals surface area contributed by atoms with Gasteiger partial charge in [0.05, 0.1) is 6.04 Å². The Morgan fingerprint density at radius 3 is 3.00 bits per heavy atom. The van der Waals surface area contributed by atoms with Crippen molar-refractivity contribution in [3.8, 4) is 0 Å². The van der Waals surface area contributed by atoms with E-state index in [4.69, 9.17) is 0 Å². The minimum Gasteiger partial charge on any atom is -0.340 e. The molecule has 0 radical (unpaired) electrons. The van der Waals surface area contributed by atoms with Crippen LogP contribution in [-0.2, 0) is 11.2 Å². The van der Waals surface area contributed by atoms with E-state index in [1.165, 1.54) is 6.42 Å². The van der Waals surface area contributed by atoms with E-state index in [1.807, 2.05) is 11.8 Å². The van der Waals surface area contributed by atoms with Crippen LogP contribution in [-0.4, -0.2) is 38.7 Å². The van der Waals surface area contributed by atoms with E-state index in [1.54, 1.807) is 22.4 Å². The summed E-state index contributed by atoms with van der Waals surface area (Å²) < 4.78 is 1.72. The lowest BCUT2D eigenvalue weighted by Gasteiger charge is -2.34. The minimum atomic E-state index is -0.0486. The zero-order chi connectivity index (χ0) is 15.7. The van der Waals surface area contributed by atoms with Gasteiger partial charge in [-0.25, -0.2) is 4.98 Å². The highest BCUT2D eigenvalue weighted by Crippen LogP contribution is 2.33. The second-order valence-corrected chi connectivity index (χ2v) is 7.18. The van der Waals surface area contributed by atoms with Gasteiger partial charge in [0, 0.05) is 36.5 Å². The normalized spacial score (nSPS) is 24.4. The number of amides is 1. The van der Waals surface area contributed by atoms with Crippen LogP contribution in [0, 0.1) is 0 Å². The number of rotatable bonds is 3. The van der Waals surface area contributed by atoms with Gasteiger partial charge in [0.2, 0.25) is 5.91 Å². The molecule has 0 aliphatic carbocycles. The number of piperidine rings is 1. The summed E-state index contributed by atoms with van der Waals surface area (Å²) in [6.45, 7) is 4.97. The molecule has 1 saturated heterocycles. The maximum atomic E-state index is 12.6. The molecule has 1 aromatic heterocycles. The third kappa shape index (κ3) is 2.93. The van der Waals surface area contributed by atoms with Crippen molar-refractivity contribution in [1.29, 1.82) is 0 Å².